The summed E-state index contributed by atoms with van der Waals surface area (Å²) in [5.74, 6) is 1.80. The smallest absolute Gasteiger partial charge is 0.155 e. The molecule has 1 spiro atoms. The first-order valence-electron chi connectivity index (χ1n) is 19.9. The van der Waals surface area contributed by atoms with Crippen LogP contribution in [-0.4, -0.2) is 8.80 Å². The van der Waals surface area contributed by atoms with E-state index in [2.05, 4.69) is 235 Å². The van der Waals surface area contributed by atoms with E-state index in [1.165, 1.54) is 60.1 Å². The van der Waals surface area contributed by atoms with Crippen molar-refractivity contribution in [3.63, 3.8) is 0 Å². The van der Waals surface area contributed by atoms with E-state index in [-0.39, 0.29) is 0 Å². The van der Waals surface area contributed by atoms with E-state index in [9.17, 15) is 0 Å². The Balaban J connectivity index is 1.20. The van der Waals surface area contributed by atoms with Crippen LogP contribution in [0.15, 0.2) is 231 Å². The van der Waals surface area contributed by atoms with Gasteiger partial charge in [0, 0.05) is 28.2 Å². The molecule has 0 bridgehead atoms. The van der Waals surface area contributed by atoms with Gasteiger partial charge in [-0.2, -0.15) is 0 Å². The van der Waals surface area contributed by atoms with Gasteiger partial charge in [0.05, 0.1) is 5.41 Å². The number of ether oxygens (including phenoxy) is 1. The van der Waals surface area contributed by atoms with Gasteiger partial charge in [-0.05, 0) is 92.3 Å². The van der Waals surface area contributed by atoms with Crippen molar-refractivity contribution in [3.05, 3.63) is 253 Å². The molecule has 0 amide bonds. The normalized spacial score (nSPS) is 13.4. The molecule has 2 heterocycles. The lowest BCUT2D eigenvalue weighted by Gasteiger charge is -2.47. The van der Waals surface area contributed by atoms with E-state index >= 15 is 0 Å². The highest BCUT2D eigenvalue weighted by molar-refractivity contribution is 6.96. The Morgan fingerprint density at radius 3 is 1.48 bits per heavy atom. The van der Waals surface area contributed by atoms with Gasteiger partial charge in [-0.25, -0.2) is 0 Å². The first kappa shape index (κ1) is 34.1. The van der Waals surface area contributed by atoms with E-state index in [0.717, 1.165) is 28.6 Å². The summed E-state index contributed by atoms with van der Waals surface area (Å²) < 4.78 is 6.71. The number of hydrogen-bond donors (Lipinski definition) is 0. The Morgan fingerprint density at radius 1 is 0.345 bits per heavy atom. The van der Waals surface area contributed by atoms with E-state index in [1.807, 2.05) is 0 Å². The van der Waals surface area contributed by atoms with Crippen molar-refractivity contribution in [1.29, 1.82) is 0 Å². The summed E-state index contributed by atoms with van der Waals surface area (Å²) in [5, 5.41) is 4.15. The maximum absolute atomic E-state index is 6.71. The Bertz CT molecular complexity index is 2880. The van der Waals surface area contributed by atoms with Crippen LogP contribution in [0.5, 0.6) is 11.5 Å². The molecule has 3 heteroatoms. The molecule has 0 atom stereocenters. The van der Waals surface area contributed by atoms with Gasteiger partial charge >= 0.3 is 0 Å². The fraction of sp³-hybridized carbons (Fsp3) is 0.0182. The molecule has 0 aromatic heterocycles. The zero-order valence-electron chi connectivity index (χ0n) is 31.8. The molecule has 2 aliphatic heterocycles. The maximum Gasteiger partial charge on any atom is 0.155 e. The van der Waals surface area contributed by atoms with Crippen molar-refractivity contribution < 1.29 is 4.74 Å². The molecule has 58 heavy (non-hydrogen) atoms. The molecule has 0 saturated carbocycles. The van der Waals surface area contributed by atoms with E-state index < -0.39 is 14.2 Å². The monoisotopic (exact) mass is 756 g/mol. The van der Waals surface area contributed by atoms with Crippen LogP contribution in [0.25, 0.3) is 22.3 Å². The lowest BCUT2D eigenvalue weighted by Crippen LogP contribution is -2.62. The van der Waals surface area contributed by atoms with Crippen LogP contribution in [0.3, 0.4) is 0 Å². The SMILES string of the molecule is c1ccc(-c2ccc(N(c3ccccc3)c3ccc4c(c3)[Si](c3ccccc3)c3ccccc3C43c4ccccc4Oc4ccccc43)cc2-c2ccccc2)cc1. The topological polar surface area (TPSA) is 12.5 Å². The number of hydrogen-bond acceptors (Lipinski definition) is 2. The number of anilines is 3. The Kier molecular flexibility index (Phi) is 8.27. The van der Waals surface area contributed by atoms with Crippen molar-refractivity contribution in [3.8, 4) is 33.8 Å². The maximum atomic E-state index is 6.71. The minimum atomic E-state index is -1.49. The van der Waals surface area contributed by atoms with Crippen LogP contribution in [-0.2, 0) is 5.41 Å². The van der Waals surface area contributed by atoms with Crippen LogP contribution >= 0.6 is 0 Å². The van der Waals surface area contributed by atoms with Gasteiger partial charge in [-0.15, -0.1) is 0 Å². The molecular weight excluding hydrogens is 719 g/mol. The predicted molar refractivity (Wildman–Crippen MR) is 241 cm³/mol. The Hall–Kier alpha value is -7.20. The van der Waals surface area contributed by atoms with Crippen molar-refractivity contribution in [1.82, 2.24) is 0 Å². The summed E-state index contributed by atoms with van der Waals surface area (Å²) in [6.07, 6.45) is 0. The van der Waals surface area contributed by atoms with Crippen LogP contribution in [0, 0.1) is 0 Å². The van der Waals surface area contributed by atoms with Gasteiger partial charge in [0.2, 0.25) is 0 Å². The first-order valence-corrected chi connectivity index (χ1v) is 21.4. The second kappa shape index (κ2) is 14.1. The quantitative estimate of drug-likeness (QED) is 0.157. The van der Waals surface area contributed by atoms with Crippen LogP contribution in [0.4, 0.5) is 17.1 Å². The van der Waals surface area contributed by atoms with Crippen molar-refractivity contribution in [2.75, 3.05) is 4.90 Å². The predicted octanol–water partition coefficient (Wildman–Crippen LogP) is 11.8. The summed E-state index contributed by atoms with van der Waals surface area (Å²) in [4.78, 5) is 2.44. The molecule has 11 rings (SSSR count). The van der Waals surface area contributed by atoms with E-state index in [0.29, 0.717) is 0 Å². The molecule has 0 aliphatic carbocycles. The molecule has 0 saturated heterocycles. The van der Waals surface area contributed by atoms with Crippen molar-refractivity contribution in [2.24, 2.45) is 0 Å². The van der Waals surface area contributed by atoms with Crippen molar-refractivity contribution >= 4 is 41.4 Å². The zero-order chi connectivity index (χ0) is 38.5. The molecule has 9 aromatic rings. The van der Waals surface area contributed by atoms with Crippen LogP contribution in [0.1, 0.15) is 22.3 Å². The van der Waals surface area contributed by atoms with Gasteiger partial charge in [0.15, 0.2) is 8.80 Å². The highest BCUT2D eigenvalue weighted by Crippen LogP contribution is 2.56. The fourth-order valence-electron chi connectivity index (χ4n) is 9.44. The van der Waals surface area contributed by atoms with Gasteiger partial charge in [-0.3, -0.25) is 0 Å². The molecule has 273 valence electrons. The summed E-state index contributed by atoms with van der Waals surface area (Å²) in [5.41, 5.74) is 12.5. The third-order valence-electron chi connectivity index (χ3n) is 11.8. The number of nitrogens with zero attached hydrogens (tertiary/aromatic N) is 1. The average Bonchev–Trinajstić information content (AvgIpc) is 3.30. The van der Waals surface area contributed by atoms with Gasteiger partial charge in [-0.1, -0.05) is 187 Å². The third-order valence-corrected chi connectivity index (χ3v) is 14.7. The second-order valence-electron chi connectivity index (χ2n) is 15.0. The molecule has 0 unspecified atom stereocenters. The number of benzene rings is 9. The molecule has 0 N–H and O–H groups in total. The number of rotatable bonds is 6. The summed E-state index contributed by atoms with van der Waals surface area (Å²) in [6.45, 7) is 0. The summed E-state index contributed by atoms with van der Waals surface area (Å²) in [6, 6.07) is 84.2. The van der Waals surface area contributed by atoms with Gasteiger partial charge < -0.3 is 9.64 Å². The van der Waals surface area contributed by atoms with Crippen molar-refractivity contribution in [2.45, 2.75) is 5.41 Å². The van der Waals surface area contributed by atoms with Crippen LogP contribution in [0.2, 0.25) is 0 Å². The largest absolute Gasteiger partial charge is 0.457 e. The standard InChI is InChI=1S/C55H38NOSi/c1-5-19-39(20-6-1)45-35-33-42(37-46(45)40-21-7-2-8-22-40)56(41-23-9-3-10-24-41)43-34-36-50-54(38-43)58(44-25-11-4-12-26-44)53-32-18-15-29-49(53)55(50)47-27-13-16-30-51(47)57-52-31-17-14-28-48(52)55/h1-38H. The first-order chi connectivity index (χ1) is 28.8. The highest BCUT2D eigenvalue weighted by atomic mass is 28.3. The lowest BCUT2D eigenvalue weighted by atomic mass is 9.63. The molecule has 2 aliphatic rings. The molecule has 1 radical (unpaired) electrons. The molecule has 9 aromatic carbocycles. The second-order valence-corrected chi connectivity index (χ2v) is 17.4. The Morgan fingerprint density at radius 2 is 0.828 bits per heavy atom. The third kappa shape index (κ3) is 5.39. The average molecular weight is 757 g/mol. The minimum absolute atomic E-state index is 0.575. The number of fused-ring (bicyclic) bond motifs is 8. The fourth-order valence-corrected chi connectivity index (χ4v) is 12.5. The van der Waals surface area contributed by atoms with Gasteiger partial charge in [0.25, 0.3) is 0 Å². The summed E-state index contributed by atoms with van der Waals surface area (Å²) >= 11 is 0. The Labute approximate surface area is 341 Å². The molecule has 0 fully saturated rings. The highest BCUT2D eigenvalue weighted by Gasteiger charge is 2.51. The molecule has 2 nitrogen and oxygen atoms in total. The van der Waals surface area contributed by atoms with E-state index in [1.54, 1.807) is 0 Å². The number of para-hydroxylation sites is 3. The zero-order valence-corrected chi connectivity index (χ0v) is 32.8. The van der Waals surface area contributed by atoms with Crippen LogP contribution < -0.4 is 25.2 Å². The molecular formula is C55H38NOSi. The van der Waals surface area contributed by atoms with E-state index in [4.69, 9.17) is 4.74 Å². The lowest BCUT2D eigenvalue weighted by molar-refractivity contribution is 0.435. The van der Waals surface area contributed by atoms with Gasteiger partial charge in [0.1, 0.15) is 11.5 Å². The summed E-state index contributed by atoms with van der Waals surface area (Å²) in [7, 11) is -1.49. The minimum Gasteiger partial charge on any atom is -0.457 e.